The molecule has 2 aliphatic heterocycles. The number of hydrogen-bond donors (Lipinski definition) is 1. The number of nitrogens with zero attached hydrogens (tertiary/aromatic N) is 4. The van der Waals surface area contributed by atoms with E-state index in [1.54, 1.807) is 18.6 Å². The second-order valence-electron chi connectivity index (χ2n) is 6.48. The fourth-order valence-corrected chi connectivity index (χ4v) is 4.00. The first-order chi connectivity index (χ1) is 10.7. The van der Waals surface area contributed by atoms with Crippen LogP contribution in [0.15, 0.2) is 24.8 Å². The van der Waals surface area contributed by atoms with E-state index < -0.39 is 0 Å². The molecule has 2 atom stereocenters. The summed E-state index contributed by atoms with van der Waals surface area (Å²) in [5.41, 5.74) is 1.03. The zero-order valence-electron chi connectivity index (χ0n) is 12.8. The van der Waals surface area contributed by atoms with Gasteiger partial charge in [-0.25, -0.2) is 9.97 Å². The molecule has 6 nitrogen and oxygen atoms in total. The summed E-state index contributed by atoms with van der Waals surface area (Å²) in [6, 6.07) is 1.46. The summed E-state index contributed by atoms with van der Waals surface area (Å²) >= 11 is 0. The maximum atomic E-state index is 12.6. The minimum Gasteiger partial charge on any atom is -0.348 e. The Hall–Kier alpha value is -1.95. The Morgan fingerprint density at radius 2 is 1.86 bits per heavy atom. The smallest absolute Gasteiger partial charge is 0.273 e. The molecular weight excluding hydrogens is 278 g/mol. The van der Waals surface area contributed by atoms with E-state index in [1.165, 1.54) is 19.3 Å². The van der Waals surface area contributed by atoms with Gasteiger partial charge in [0.2, 0.25) is 0 Å². The van der Waals surface area contributed by atoms with Gasteiger partial charge in [-0.05, 0) is 32.7 Å². The van der Waals surface area contributed by atoms with Crippen molar-refractivity contribution in [3.8, 4) is 0 Å². The number of piperidine rings is 2. The second kappa shape index (κ2) is 5.35. The summed E-state index contributed by atoms with van der Waals surface area (Å²) in [5, 5.41) is 3.18. The highest BCUT2D eigenvalue weighted by atomic mass is 16.2. The van der Waals surface area contributed by atoms with Crippen molar-refractivity contribution in [1.82, 2.24) is 24.6 Å². The zero-order valence-corrected chi connectivity index (χ0v) is 12.8. The summed E-state index contributed by atoms with van der Waals surface area (Å²) in [5.74, 6) is -0.107. The number of imidazole rings is 1. The van der Waals surface area contributed by atoms with Crippen molar-refractivity contribution < 1.29 is 4.79 Å². The van der Waals surface area contributed by atoms with Crippen molar-refractivity contribution in [2.75, 3.05) is 7.05 Å². The molecule has 2 bridgehead atoms. The van der Waals surface area contributed by atoms with Crippen LogP contribution >= 0.6 is 0 Å². The van der Waals surface area contributed by atoms with Crippen molar-refractivity contribution in [3.63, 3.8) is 0 Å². The summed E-state index contributed by atoms with van der Waals surface area (Å²) in [4.78, 5) is 23.5. The third-order valence-electron chi connectivity index (χ3n) is 5.20. The van der Waals surface area contributed by atoms with Crippen LogP contribution in [-0.4, -0.2) is 50.3 Å². The van der Waals surface area contributed by atoms with E-state index in [-0.39, 0.29) is 11.9 Å². The lowest BCUT2D eigenvalue weighted by Gasteiger charge is -2.47. The molecule has 2 fully saturated rings. The van der Waals surface area contributed by atoms with Crippen LogP contribution in [0.1, 0.15) is 42.6 Å². The molecule has 2 aromatic heterocycles. The molecule has 2 saturated heterocycles. The molecule has 0 saturated carbocycles. The molecule has 0 unspecified atom stereocenters. The van der Waals surface area contributed by atoms with Crippen LogP contribution in [0.4, 0.5) is 0 Å². The SMILES string of the molecule is CN1[C@H]2CCC[C@H]1CC(NC(=O)c1nccn3ccnc13)C2. The highest BCUT2D eigenvalue weighted by Crippen LogP contribution is 2.32. The molecular formula is C16H21N5O. The number of carbonyl (C=O) groups is 1. The molecule has 22 heavy (non-hydrogen) atoms. The molecule has 4 heterocycles. The lowest BCUT2D eigenvalue weighted by atomic mass is 9.82. The van der Waals surface area contributed by atoms with Crippen LogP contribution < -0.4 is 5.32 Å². The fraction of sp³-hybridized carbons (Fsp3) is 0.562. The van der Waals surface area contributed by atoms with Crippen molar-refractivity contribution in [1.29, 1.82) is 0 Å². The molecule has 0 aromatic carbocycles. The van der Waals surface area contributed by atoms with Crippen LogP contribution in [0.2, 0.25) is 0 Å². The maximum absolute atomic E-state index is 12.6. The van der Waals surface area contributed by atoms with E-state index in [9.17, 15) is 4.79 Å². The molecule has 2 aliphatic rings. The molecule has 1 amide bonds. The summed E-state index contributed by atoms with van der Waals surface area (Å²) in [6.45, 7) is 0. The Balaban J connectivity index is 1.52. The van der Waals surface area contributed by atoms with Gasteiger partial charge in [0.15, 0.2) is 11.3 Å². The largest absolute Gasteiger partial charge is 0.348 e. The molecule has 0 spiro atoms. The first kappa shape index (κ1) is 13.7. The zero-order chi connectivity index (χ0) is 15.1. The first-order valence-corrected chi connectivity index (χ1v) is 8.03. The van der Waals surface area contributed by atoms with Gasteiger partial charge in [0.05, 0.1) is 0 Å². The lowest BCUT2D eigenvalue weighted by Crippen LogP contribution is -2.55. The molecule has 4 rings (SSSR count). The highest BCUT2D eigenvalue weighted by molar-refractivity contribution is 5.97. The van der Waals surface area contributed by atoms with Gasteiger partial charge in [-0.15, -0.1) is 0 Å². The summed E-state index contributed by atoms with van der Waals surface area (Å²) in [7, 11) is 2.22. The number of carbonyl (C=O) groups excluding carboxylic acids is 1. The molecule has 6 heteroatoms. The van der Waals surface area contributed by atoms with E-state index in [2.05, 4.69) is 27.2 Å². The minimum absolute atomic E-state index is 0.107. The average molecular weight is 299 g/mol. The molecule has 116 valence electrons. The maximum Gasteiger partial charge on any atom is 0.273 e. The van der Waals surface area contributed by atoms with Gasteiger partial charge in [0.1, 0.15) is 0 Å². The predicted octanol–water partition coefficient (Wildman–Crippen LogP) is 1.47. The molecule has 0 aliphatic carbocycles. The topological polar surface area (TPSA) is 62.5 Å². The van der Waals surface area contributed by atoms with Gasteiger partial charge in [-0.3, -0.25) is 4.79 Å². The summed E-state index contributed by atoms with van der Waals surface area (Å²) < 4.78 is 1.82. The van der Waals surface area contributed by atoms with Crippen molar-refractivity contribution in [2.45, 2.75) is 50.2 Å². The Bertz CT molecular complexity index is 683. The Morgan fingerprint density at radius 1 is 1.18 bits per heavy atom. The van der Waals surface area contributed by atoms with Gasteiger partial charge in [0.25, 0.3) is 5.91 Å². The van der Waals surface area contributed by atoms with Crippen molar-refractivity contribution in [2.24, 2.45) is 0 Å². The third-order valence-corrected chi connectivity index (χ3v) is 5.20. The van der Waals surface area contributed by atoms with Crippen LogP contribution in [0, 0.1) is 0 Å². The monoisotopic (exact) mass is 299 g/mol. The molecule has 2 aromatic rings. The van der Waals surface area contributed by atoms with E-state index in [0.717, 1.165) is 12.8 Å². The summed E-state index contributed by atoms with van der Waals surface area (Å²) in [6.07, 6.45) is 12.8. The van der Waals surface area contributed by atoms with Gasteiger partial charge >= 0.3 is 0 Å². The van der Waals surface area contributed by atoms with E-state index in [0.29, 0.717) is 23.4 Å². The number of hydrogen-bond acceptors (Lipinski definition) is 4. The standard InChI is InChI=1S/C16H21N5O/c1-20-12-3-2-4-13(20)10-11(9-12)19-16(22)14-15-18-6-8-21(15)7-5-17-14/h5-8,11-13H,2-4,9-10H2,1H3,(H,19,22)/t12-,13-/m0/s1. The molecule has 0 radical (unpaired) electrons. The quantitative estimate of drug-likeness (QED) is 0.912. The van der Waals surface area contributed by atoms with Crippen LogP contribution in [0.3, 0.4) is 0 Å². The Morgan fingerprint density at radius 3 is 2.59 bits per heavy atom. The van der Waals surface area contributed by atoms with Crippen molar-refractivity contribution in [3.05, 3.63) is 30.5 Å². The number of nitrogens with one attached hydrogen (secondary N) is 1. The Labute approximate surface area is 129 Å². The van der Waals surface area contributed by atoms with Gasteiger partial charge in [-0.1, -0.05) is 6.42 Å². The predicted molar refractivity (Wildman–Crippen MR) is 82.7 cm³/mol. The van der Waals surface area contributed by atoms with E-state index in [1.807, 2.05) is 10.6 Å². The Kier molecular flexibility index (Phi) is 3.33. The van der Waals surface area contributed by atoms with Crippen LogP contribution in [-0.2, 0) is 0 Å². The normalized spacial score (nSPS) is 28.7. The molecule has 1 N–H and O–H groups in total. The highest BCUT2D eigenvalue weighted by Gasteiger charge is 2.36. The number of rotatable bonds is 2. The van der Waals surface area contributed by atoms with Gasteiger partial charge in [0, 0.05) is 42.9 Å². The van der Waals surface area contributed by atoms with Crippen LogP contribution in [0.5, 0.6) is 0 Å². The lowest BCUT2D eigenvalue weighted by molar-refractivity contribution is 0.0462. The minimum atomic E-state index is -0.107. The first-order valence-electron chi connectivity index (χ1n) is 8.03. The van der Waals surface area contributed by atoms with Gasteiger partial charge in [-0.2, -0.15) is 0 Å². The number of fused-ring (bicyclic) bond motifs is 3. The average Bonchev–Trinajstić information content (AvgIpc) is 2.96. The number of amides is 1. The van der Waals surface area contributed by atoms with Crippen molar-refractivity contribution >= 4 is 11.6 Å². The fourth-order valence-electron chi connectivity index (χ4n) is 4.00. The third kappa shape index (κ3) is 2.27. The second-order valence-corrected chi connectivity index (χ2v) is 6.48. The number of aromatic nitrogens is 3. The van der Waals surface area contributed by atoms with E-state index >= 15 is 0 Å². The van der Waals surface area contributed by atoms with E-state index in [4.69, 9.17) is 0 Å². The van der Waals surface area contributed by atoms with Gasteiger partial charge < -0.3 is 14.6 Å². The van der Waals surface area contributed by atoms with Crippen LogP contribution in [0.25, 0.3) is 5.65 Å².